The fourth-order valence-corrected chi connectivity index (χ4v) is 3.07. The molecule has 21 heavy (non-hydrogen) atoms. The molecule has 0 unspecified atom stereocenters. The van der Waals surface area contributed by atoms with E-state index in [2.05, 4.69) is 37.0 Å². The molecule has 4 rings (SSSR count). The molecule has 0 saturated heterocycles. The quantitative estimate of drug-likeness (QED) is 0.755. The molecular formula is C15H14ClN5. The van der Waals surface area contributed by atoms with Crippen LogP contribution in [0.3, 0.4) is 0 Å². The Labute approximate surface area is 127 Å². The Morgan fingerprint density at radius 1 is 1.19 bits per heavy atom. The van der Waals surface area contributed by atoms with Gasteiger partial charge in [0.05, 0.1) is 23.8 Å². The fourth-order valence-electron chi connectivity index (χ4n) is 2.96. The van der Waals surface area contributed by atoms with Crippen LogP contribution >= 0.6 is 11.6 Å². The van der Waals surface area contributed by atoms with E-state index in [-0.39, 0.29) is 5.54 Å². The largest absolute Gasteiger partial charge is 0.327 e. The normalized spacial score (nSPS) is 16.6. The first kappa shape index (κ1) is 12.6. The highest BCUT2D eigenvalue weighted by atomic mass is 35.5. The minimum absolute atomic E-state index is 0.0351. The molecule has 1 saturated carbocycles. The summed E-state index contributed by atoms with van der Waals surface area (Å²) < 4.78 is 2.20. The number of hydrogen-bond donors (Lipinski definition) is 1. The van der Waals surface area contributed by atoms with Crippen LogP contribution in [0.15, 0.2) is 43.2 Å². The van der Waals surface area contributed by atoms with Crippen molar-refractivity contribution in [1.29, 1.82) is 0 Å². The first-order valence-corrected chi connectivity index (χ1v) is 7.31. The lowest BCUT2D eigenvalue weighted by Crippen LogP contribution is -2.41. The van der Waals surface area contributed by atoms with Crippen LogP contribution < -0.4 is 0 Å². The Morgan fingerprint density at radius 3 is 2.71 bits per heavy atom. The molecule has 0 radical (unpaired) electrons. The lowest BCUT2D eigenvalue weighted by molar-refractivity contribution is 0.196. The minimum Gasteiger partial charge on any atom is -0.327 e. The van der Waals surface area contributed by atoms with E-state index >= 15 is 0 Å². The molecule has 0 spiro atoms. The summed E-state index contributed by atoms with van der Waals surface area (Å²) in [6.07, 6.45) is 12.9. The summed E-state index contributed by atoms with van der Waals surface area (Å²) in [4.78, 5) is 8.73. The molecule has 0 aliphatic heterocycles. The van der Waals surface area contributed by atoms with E-state index in [1.807, 2.05) is 24.8 Å². The van der Waals surface area contributed by atoms with Crippen molar-refractivity contribution in [2.24, 2.45) is 0 Å². The third kappa shape index (κ3) is 1.96. The van der Waals surface area contributed by atoms with E-state index in [1.165, 1.54) is 12.0 Å². The predicted molar refractivity (Wildman–Crippen MR) is 80.0 cm³/mol. The summed E-state index contributed by atoms with van der Waals surface area (Å²) in [6.45, 7) is 0. The monoisotopic (exact) mass is 299 g/mol. The van der Waals surface area contributed by atoms with Gasteiger partial charge >= 0.3 is 0 Å². The van der Waals surface area contributed by atoms with Gasteiger partial charge in [0, 0.05) is 24.2 Å². The number of hydrogen-bond acceptors (Lipinski definition) is 3. The summed E-state index contributed by atoms with van der Waals surface area (Å²) in [6, 6.07) is 3.91. The molecule has 1 N–H and O–H groups in total. The van der Waals surface area contributed by atoms with Crippen LogP contribution in [-0.4, -0.2) is 24.7 Å². The van der Waals surface area contributed by atoms with Crippen LogP contribution in [0.1, 0.15) is 24.8 Å². The van der Waals surface area contributed by atoms with E-state index in [4.69, 9.17) is 11.6 Å². The van der Waals surface area contributed by atoms with Gasteiger partial charge in [0.15, 0.2) is 0 Å². The van der Waals surface area contributed by atoms with Crippen molar-refractivity contribution in [1.82, 2.24) is 24.7 Å². The third-order valence-corrected chi connectivity index (χ3v) is 4.54. The van der Waals surface area contributed by atoms with Gasteiger partial charge in [-0.15, -0.1) is 0 Å². The molecule has 6 heteroatoms. The van der Waals surface area contributed by atoms with Gasteiger partial charge in [-0.3, -0.25) is 5.10 Å². The summed E-state index contributed by atoms with van der Waals surface area (Å²) in [5.74, 6) is 0. The van der Waals surface area contributed by atoms with Crippen molar-refractivity contribution in [2.75, 3.05) is 0 Å². The smallest absolute Gasteiger partial charge is 0.129 e. The van der Waals surface area contributed by atoms with Gasteiger partial charge in [-0.25, -0.2) is 9.97 Å². The fraction of sp³-hybridized carbons (Fsp3) is 0.267. The molecule has 0 atom stereocenters. The molecule has 1 aliphatic carbocycles. The number of rotatable bonds is 3. The van der Waals surface area contributed by atoms with E-state index < -0.39 is 0 Å². The van der Waals surface area contributed by atoms with E-state index in [0.29, 0.717) is 5.15 Å². The summed E-state index contributed by atoms with van der Waals surface area (Å²) in [5, 5.41) is 7.32. The van der Waals surface area contributed by atoms with Gasteiger partial charge in [0.2, 0.25) is 0 Å². The Morgan fingerprint density at radius 2 is 2.10 bits per heavy atom. The SMILES string of the molecule is Clc1ccc(C2(n3cnc(-c4cn[nH]c4)c3)CCC2)cn1. The Hall–Kier alpha value is -2.14. The number of nitrogens with one attached hydrogen (secondary N) is 1. The molecule has 1 fully saturated rings. The second-order valence-corrected chi connectivity index (χ2v) is 5.80. The van der Waals surface area contributed by atoms with Gasteiger partial charge in [0.1, 0.15) is 5.15 Å². The highest BCUT2D eigenvalue weighted by Crippen LogP contribution is 2.45. The zero-order chi connectivity index (χ0) is 14.3. The molecule has 3 aromatic rings. The number of pyridine rings is 1. The average molecular weight is 300 g/mol. The van der Waals surface area contributed by atoms with Gasteiger partial charge in [-0.1, -0.05) is 17.7 Å². The van der Waals surface area contributed by atoms with Gasteiger partial charge in [-0.05, 0) is 30.9 Å². The number of halogens is 1. The third-order valence-electron chi connectivity index (χ3n) is 4.32. The maximum absolute atomic E-state index is 5.90. The Kier molecular flexibility index (Phi) is 2.82. The second kappa shape index (κ2) is 4.70. The summed E-state index contributed by atoms with van der Waals surface area (Å²) in [5.41, 5.74) is 3.08. The van der Waals surface area contributed by atoms with E-state index in [1.54, 1.807) is 6.20 Å². The number of nitrogens with zero attached hydrogens (tertiary/aromatic N) is 4. The number of aromatic nitrogens is 5. The van der Waals surface area contributed by atoms with Crippen molar-refractivity contribution >= 4 is 11.6 Å². The van der Waals surface area contributed by atoms with Crippen LogP contribution in [0.2, 0.25) is 5.15 Å². The van der Waals surface area contributed by atoms with Crippen molar-refractivity contribution < 1.29 is 0 Å². The lowest BCUT2D eigenvalue weighted by atomic mass is 9.72. The molecular weight excluding hydrogens is 286 g/mol. The molecule has 0 aromatic carbocycles. The van der Waals surface area contributed by atoms with Crippen LogP contribution in [-0.2, 0) is 5.54 Å². The van der Waals surface area contributed by atoms with Crippen molar-refractivity contribution in [3.05, 3.63) is 54.0 Å². The van der Waals surface area contributed by atoms with Crippen LogP contribution in [0, 0.1) is 0 Å². The summed E-state index contributed by atoms with van der Waals surface area (Å²) >= 11 is 5.90. The number of imidazole rings is 1. The number of H-pyrrole nitrogens is 1. The highest BCUT2D eigenvalue weighted by molar-refractivity contribution is 6.29. The van der Waals surface area contributed by atoms with Gasteiger partial charge in [-0.2, -0.15) is 5.10 Å². The summed E-state index contributed by atoms with van der Waals surface area (Å²) in [7, 11) is 0. The molecule has 1 aliphatic rings. The zero-order valence-corrected chi connectivity index (χ0v) is 12.1. The van der Waals surface area contributed by atoms with Crippen LogP contribution in [0.4, 0.5) is 0 Å². The maximum atomic E-state index is 5.90. The minimum atomic E-state index is -0.0351. The Balaban J connectivity index is 1.75. The van der Waals surface area contributed by atoms with Crippen molar-refractivity contribution in [2.45, 2.75) is 24.8 Å². The standard InChI is InChI=1S/C15H14ClN5/c16-14-3-2-12(8-17-14)15(4-1-5-15)21-9-13(18-10-21)11-6-19-20-7-11/h2-3,6-10H,1,4-5H2,(H,19,20). The first-order chi connectivity index (χ1) is 10.3. The van der Waals surface area contributed by atoms with E-state index in [9.17, 15) is 0 Å². The average Bonchev–Trinajstić information content (AvgIpc) is 3.10. The number of aromatic amines is 1. The van der Waals surface area contributed by atoms with E-state index in [0.717, 1.165) is 24.1 Å². The molecule has 3 aromatic heterocycles. The van der Waals surface area contributed by atoms with Crippen LogP contribution in [0.25, 0.3) is 11.3 Å². The first-order valence-electron chi connectivity index (χ1n) is 6.94. The molecule has 0 amide bonds. The topological polar surface area (TPSA) is 59.4 Å². The highest BCUT2D eigenvalue weighted by Gasteiger charge is 2.40. The Bertz CT molecular complexity index is 741. The van der Waals surface area contributed by atoms with Gasteiger partial charge < -0.3 is 4.57 Å². The second-order valence-electron chi connectivity index (χ2n) is 5.41. The zero-order valence-electron chi connectivity index (χ0n) is 11.3. The maximum Gasteiger partial charge on any atom is 0.129 e. The lowest BCUT2D eigenvalue weighted by Gasteiger charge is -2.43. The molecule has 0 bridgehead atoms. The van der Waals surface area contributed by atoms with Crippen molar-refractivity contribution in [3.8, 4) is 11.3 Å². The molecule has 106 valence electrons. The van der Waals surface area contributed by atoms with Crippen molar-refractivity contribution in [3.63, 3.8) is 0 Å². The predicted octanol–water partition coefficient (Wildman–Crippen LogP) is 3.25. The van der Waals surface area contributed by atoms with Crippen LogP contribution in [0.5, 0.6) is 0 Å². The molecule has 5 nitrogen and oxygen atoms in total. The van der Waals surface area contributed by atoms with Gasteiger partial charge in [0.25, 0.3) is 0 Å². The molecule has 3 heterocycles.